The standard InChI is InChI=1S/C23H25N7O/c31-22(23(13-7-2-8-14-23)30-16-24-28-29-30)27-20(15-17-9-3-1-4-10-17)21-25-18-11-5-6-12-19(18)26-21/h1,3-6,9-12,16,20H,2,7-8,13-15H2,(H,25,26)(H,27,31). The van der Waals surface area contributed by atoms with Crippen molar-refractivity contribution < 1.29 is 4.79 Å². The van der Waals surface area contributed by atoms with Gasteiger partial charge in [-0.1, -0.05) is 61.7 Å². The summed E-state index contributed by atoms with van der Waals surface area (Å²) in [4.78, 5) is 21.9. The van der Waals surface area contributed by atoms with Gasteiger partial charge < -0.3 is 10.3 Å². The van der Waals surface area contributed by atoms with Gasteiger partial charge >= 0.3 is 0 Å². The van der Waals surface area contributed by atoms with Crippen molar-refractivity contribution in [2.24, 2.45) is 0 Å². The Morgan fingerprint density at radius 1 is 1.06 bits per heavy atom. The summed E-state index contributed by atoms with van der Waals surface area (Å²) in [7, 11) is 0. The normalized spacial score (nSPS) is 16.8. The number of para-hydroxylation sites is 2. The number of rotatable bonds is 6. The van der Waals surface area contributed by atoms with Crippen LogP contribution in [0.1, 0.15) is 49.5 Å². The molecule has 2 aromatic heterocycles. The Balaban J connectivity index is 1.49. The lowest BCUT2D eigenvalue weighted by atomic mass is 9.80. The molecule has 0 spiro atoms. The summed E-state index contributed by atoms with van der Waals surface area (Å²) in [6.07, 6.45) is 6.71. The molecule has 2 heterocycles. The van der Waals surface area contributed by atoms with Crippen molar-refractivity contribution in [1.82, 2.24) is 35.5 Å². The number of aromatic nitrogens is 6. The van der Waals surface area contributed by atoms with Crippen LogP contribution in [0.15, 0.2) is 60.9 Å². The van der Waals surface area contributed by atoms with Crippen LogP contribution in [0.25, 0.3) is 11.0 Å². The zero-order valence-electron chi connectivity index (χ0n) is 17.2. The van der Waals surface area contributed by atoms with Crippen LogP contribution in [0, 0.1) is 0 Å². The smallest absolute Gasteiger partial charge is 0.248 e. The van der Waals surface area contributed by atoms with Gasteiger partial charge in [-0.15, -0.1) is 5.10 Å². The van der Waals surface area contributed by atoms with E-state index >= 15 is 0 Å². The van der Waals surface area contributed by atoms with Gasteiger partial charge in [-0.2, -0.15) is 0 Å². The van der Waals surface area contributed by atoms with Crippen LogP contribution in [0.5, 0.6) is 0 Å². The van der Waals surface area contributed by atoms with Crippen LogP contribution in [0.4, 0.5) is 0 Å². The molecule has 1 fully saturated rings. The molecule has 1 aliphatic carbocycles. The third-order valence-electron chi connectivity index (χ3n) is 6.22. The van der Waals surface area contributed by atoms with Crippen molar-refractivity contribution in [3.63, 3.8) is 0 Å². The van der Waals surface area contributed by atoms with Gasteiger partial charge in [0.2, 0.25) is 5.91 Å². The predicted molar refractivity (Wildman–Crippen MR) is 116 cm³/mol. The first kappa shape index (κ1) is 19.4. The Labute approximate surface area is 180 Å². The van der Waals surface area contributed by atoms with Gasteiger partial charge in [-0.3, -0.25) is 4.79 Å². The third-order valence-corrected chi connectivity index (χ3v) is 6.22. The maximum Gasteiger partial charge on any atom is 0.248 e. The Kier molecular flexibility index (Phi) is 5.19. The Morgan fingerprint density at radius 2 is 1.84 bits per heavy atom. The van der Waals surface area contributed by atoms with Gasteiger partial charge in [0.1, 0.15) is 17.7 Å². The molecule has 1 saturated carbocycles. The maximum absolute atomic E-state index is 13.7. The minimum absolute atomic E-state index is 0.0547. The molecule has 1 aliphatic rings. The fourth-order valence-corrected chi connectivity index (χ4v) is 4.55. The Bertz CT molecular complexity index is 1110. The van der Waals surface area contributed by atoms with Crippen molar-refractivity contribution in [3.8, 4) is 0 Å². The highest BCUT2D eigenvalue weighted by Crippen LogP contribution is 2.35. The first-order valence-electron chi connectivity index (χ1n) is 10.8. The summed E-state index contributed by atoms with van der Waals surface area (Å²) in [5, 5.41) is 15.0. The number of carbonyl (C=O) groups excluding carboxylic acids is 1. The van der Waals surface area contributed by atoms with E-state index in [1.807, 2.05) is 42.5 Å². The number of H-pyrrole nitrogens is 1. The molecule has 31 heavy (non-hydrogen) atoms. The first-order chi connectivity index (χ1) is 15.2. The molecular weight excluding hydrogens is 390 g/mol. The number of aromatic amines is 1. The van der Waals surface area contributed by atoms with Crippen molar-refractivity contribution in [1.29, 1.82) is 0 Å². The molecule has 1 amide bonds. The molecule has 0 saturated heterocycles. The molecule has 158 valence electrons. The van der Waals surface area contributed by atoms with Crippen molar-refractivity contribution in [2.75, 3.05) is 0 Å². The fraction of sp³-hybridized carbons (Fsp3) is 0.348. The Morgan fingerprint density at radius 3 is 2.58 bits per heavy atom. The highest BCUT2D eigenvalue weighted by molar-refractivity contribution is 5.85. The maximum atomic E-state index is 13.7. The van der Waals surface area contributed by atoms with Gasteiger partial charge in [0, 0.05) is 0 Å². The van der Waals surface area contributed by atoms with Gasteiger partial charge in [-0.25, -0.2) is 9.67 Å². The first-order valence-corrected chi connectivity index (χ1v) is 10.8. The van der Waals surface area contributed by atoms with Crippen molar-refractivity contribution in [2.45, 2.75) is 50.1 Å². The van der Waals surface area contributed by atoms with E-state index < -0.39 is 5.54 Å². The highest BCUT2D eigenvalue weighted by Gasteiger charge is 2.43. The van der Waals surface area contributed by atoms with Gasteiger partial charge in [0.25, 0.3) is 0 Å². The summed E-state index contributed by atoms with van der Waals surface area (Å²) in [6, 6.07) is 17.8. The second-order valence-corrected chi connectivity index (χ2v) is 8.20. The quantitative estimate of drug-likeness (QED) is 0.503. The van der Waals surface area contributed by atoms with Crippen molar-refractivity contribution in [3.05, 3.63) is 72.3 Å². The predicted octanol–water partition coefficient (Wildman–Crippen LogP) is 3.31. The molecule has 5 rings (SSSR count). The van der Waals surface area contributed by atoms with Crippen LogP contribution in [0.2, 0.25) is 0 Å². The van der Waals surface area contributed by atoms with Crippen LogP contribution >= 0.6 is 0 Å². The van der Waals surface area contributed by atoms with Gasteiger partial charge in [0.15, 0.2) is 0 Å². The average Bonchev–Trinajstić information content (AvgIpc) is 3.50. The van der Waals surface area contributed by atoms with Crippen LogP contribution in [-0.4, -0.2) is 36.1 Å². The van der Waals surface area contributed by atoms with E-state index in [9.17, 15) is 4.79 Å². The monoisotopic (exact) mass is 415 g/mol. The third kappa shape index (κ3) is 3.81. The summed E-state index contributed by atoms with van der Waals surface area (Å²) in [6.45, 7) is 0. The van der Waals surface area contributed by atoms with E-state index in [2.05, 4.69) is 38.0 Å². The number of imidazole rings is 1. The van der Waals surface area contributed by atoms with Crippen LogP contribution in [-0.2, 0) is 16.8 Å². The zero-order chi connectivity index (χ0) is 21.1. The van der Waals surface area contributed by atoms with Gasteiger partial charge in [-0.05, 0) is 47.4 Å². The Hall–Kier alpha value is -3.55. The lowest BCUT2D eigenvalue weighted by Crippen LogP contribution is -2.51. The fourth-order valence-electron chi connectivity index (χ4n) is 4.55. The number of fused-ring (bicyclic) bond motifs is 1. The number of nitrogens with one attached hydrogen (secondary N) is 2. The summed E-state index contributed by atoms with van der Waals surface area (Å²) >= 11 is 0. The number of hydrogen-bond acceptors (Lipinski definition) is 5. The van der Waals surface area contributed by atoms with E-state index in [1.54, 1.807) is 11.0 Å². The molecule has 8 heteroatoms. The average molecular weight is 416 g/mol. The second-order valence-electron chi connectivity index (χ2n) is 8.20. The zero-order valence-corrected chi connectivity index (χ0v) is 17.2. The second kappa shape index (κ2) is 8.29. The van der Waals surface area contributed by atoms with Gasteiger partial charge in [0.05, 0.1) is 17.1 Å². The summed E-state index contributed by atoms with van der Waals surface area (Å²) in [5.41, 5.74) is 2.21. The van der Waals surface area contributed by atoms with E-state index in [0.29, 0.717) is 6.42 Å². The topological polar surface area (TPSA) is 101 Å². The lowest BCUT2D eigenvalue weighted by Gasteiger charge is -2.36. The number of hydrogen-bond donors (Lipinski definition) is 2. The van der Waals surface area contributed by atoms with E-state index in [4.69, 9.17) is 4.98 Å². The number of amides is 1. The molecule has 2 aromatic carbocycles. The largest absolute Gasteiger partial charge is 0.344 e. The van der Waals surface area contributed by atoms with Crippen LogP contribution in [0.3, 0.4) is 0 Å². The lowest BCUT2D eigenvalue weighted by molar-refractivity contribution is -0.133. The van der Waals surface area contributed by atoms with Crippen LogP contribution < -0.4 is 5.32 Å². The van der Waals surface area contributed by atoms with E-state index in [0.717, 1.165) is 54.5 Å². The molecule has 4 aromatic rings. The SMILES string of the molecule is O=C(NC(Cc1ccccc1)c1nc2ccccc2[nH]1)C1(n2cnnn2)CCCCC1. The summed E-state index contributed by atoms with van der Waals surface area (Å²) in [5.74, 6) is 0.696. The highest BCUT2D eigenvalue weighted by atomic mass is 16.2. The summed E-state index contributed by atoms with van der Waals surface area (Å²) < 4.78 is 1.64. The number of carbonyl (C=O) groups is 1. The number of tetrazole rings is 1. The molecule has 0 bridgehead atoms. The van der Waals surface area contributed by atoms with E-state index in [1.165, 1.54) is 0 Å². The molecule has 1 atom stereocenters. The molecular formula is C23H25N7O. The molecule has 0 radical (unpaired) electrons. The number of benzene rings is 2. The van der Waals surface area contributed by atoms with E-state index in [-0.39, 0.29) is 11.9 Å². The minimum atomic E-state index is -0.761. The van der Waals surface area contributed by atoms with Crippen molar-refractivity contribution >= 4 is 16.9 Å². The molecule has 2 N–H and O–H groups in total. The molecule has 8 nitrogen and oxygen atoms in total. The molecule has 0 aliphatic heterocycles. The minimum Gasteiger partial charge on any atom is -0.344 e. The molecule has 1 unspecified atom stereocenters. The number of nitrogens with zero attached hydrogens (tertiary/aromatic N) is 5.